The molecular formula is C18H18N6O. The normalized spacial score (nSPS) is 14.6. The molecule has 7 nitrogen and oxygen atoms in total. The first kappa shape index (κ1) is 15.3. The molecule has 2 aromatic heterocycles. The number of benzene rings is 1. The van der Waals surface area contributed by atoms with Crippen LogP contribution in [-0.4, -0.2) is 56.7 Å². The van der Waals surface area contributed by atoms with Crippen molar-refractivity contribution in [1.82, 2.24) is 24.6 Å². The van der Waals surface area contributed by atoms with Crippen molar-refractivity contribution >= 4 is 11.6 Å². The largest absolute Gasteiger partial charge is 0.368 e. The lowest BCUT2D eigenvalue weighted by atomic mass is 10.2. The highest BCUT2D eigenvalue weighted by molar-refractivity contribution is 5.94. The highest BCUT2D eigenvalue weighted by atomic mass is 16.2. The van der Waals surface area contributed by atoms with Gasteiger partial charge in [0, 0.05) is 38.1 Å². The summed E-state index contributed by atoms with van der Waals surface area (Å²) in [5.41, 5.74) is 1.81. The van der Waals surface area contributed by atoms with Gasteiger partial charge >= 0.3 is 0 Å². The van der Waals surface area contributed by atoms with Crippen LogP contribution in [0.2, 0.25) is 0 Å². The van der Waals surface area contributed by atoms with Crippen LogP contribution in [0, 0.1) is 0 Å². The van der Waals surface area contributed by atoms with Gasteiger partial charge in [0.1, 0.15) is 18.5 Å². The summed E-state index contributed by atoms with van der Waals surface area (Å²) in [6.07, 6.45) is 4.76. The Balaban J connectivity index is 1.40. The molecule has 4 rings (SSSR count). The van der Waals surface area contributed by atoms with Gasteiger partial charge in [0.05, 0.1) is 5.56 Å². The zero-order valence-electron chi connectivity index (χ0n) is 13.7. The van der Waals surface area contributed by atoms with Gasteiger partial charge in [-0.3, -0.25) is 9.36 Å². The number of carbonyl (C=O) groups is 1. The Morgan fingerprint density at radius 1 is 0.880 bits per heavy atom. The fraction of sp³-hybridized carbons (Fsp3) is 0.222. The van der Waals surface area contributed by atoms with E-state index in [4.69, 9.17) is 0 Å². The highest BCUT2D eigenvalue weighted by Gasteiger charge is 2.22. The van der Waals surface area contributed by atoms with E-state index in [-0.39, 0.29) is 5.91 Å². The number of anilines is 1. The molecular weight excluding hydrogens is 316 g/mol. The standard InChI is InChI=1S/C18H18N6O/c25-18(15-6-7-17(19-12-15)24-13-20-21-14-24)23-10-8-22(9-11-23)16-4-2-1-3-5-16/h1-7,12-14H,8-11H2. The van der Waals surface area contributed by atoms with Gasteiger partial charge in [0.15, 0.2) is 0 Å². The summed E-state index contributed by atoms with van der Waals surface area (Å²) in [4.78, 5) is 21.2. The van der Waals surface area contributed by atoms with Crippen molar-refractivity contribution < 1.29 is 4.79 Å². The summed E-state index contributed by atoms with van der Waals surface area (Å²) >= 11 is 0. The molecule has 3 aromatic rings. The van der Waals surface area contributed by atoms with E-state index in [1.165, 1.54) is 5.69 Å². The van der Waals surface area contributed by atoms with Crippen LogP contribution in [0.15, 0.2) is 61.3 Å². The molecule has 0 N–H and O–H groups in total. The van der Waals surface area contributed by atoms with Crippen LogP contribution in [0.4, 0.5) is 5.69 Å². The monoisotopic (exact) mass is 334 g/mol. The number of hydrogen-bond donors (Lipinski definition) is 0. The second-order valence-corrected chi connectivity index (χ2v) is 5.89. The van der Waals surface area contributed by atoms with Crippen molar-refractivity contribution in [1.29, 1.82) is 0 Å². The SMILES string of the molecule is O=C(c1ccc(-n2cnnc2)nc1)N1CCN(c2ccccc2)CC1. The molecule has 0 bridgehead atoms. The Kier molecular flexibility index (Phi) is 4.12. The fourth-order valence-corrected chi connectivity index (χ4v) is 2.97. The number of rotatable bonds is 3. The number of nitrogens with zero attached hydrogens (tertiary/aromatic N) is 6. The molecule has 1 fully saturated rings. The molecule has 0 radical (unpaired) electrons. The van der Waals surface area contributed by atoms with Gasteiger partial charge in [-0.2, -0.15) is 0 Å². The fourth-order valence-electron chi connectivity index (χ4n) is 2.97. The molecule has 1 aliphatic rings. The van der Waals surface area contributed by atoms with Crippen molar-refractivity contribution in [2.75, 3.05) is 31.1 Å². The minimum atomic E-state index is 0.0236. The number of hydrogen-bond acceptors (Lipinski definition) is 5. The Morgan fingerprint density at radius 2 is 1.60 bits per heavy atom. The minimum Gasteiger partial charge on any atom is -0.368 e. The molecule has 1 aliphatic heterocycles. The molecule has 1 amide bonds. The maximum atomic E-state index is 12.7. The number of carbonyl (C=O) groups excluding carboxylic acids is 1. The second-order valence-electron chi connectivity index (χ2n) is 5.89. The minimum absolute atomic E-state index is 0.0236. The van der Waals surface area contributed by atoms with Crippen molar-refractivity contribution in [2.45, 2.75) is 0 Å². The third-order valence-electron chi connectivity index (χ3n) is 4.37. The molecule has 126 valence electrons. The number of aromatic nitrogens is 4. The van der Waals surface area contributed by atoms with Crippen LogP contribution in [0.5, 0.6) is 0 Å². The van der Waals surface area contributed by atoms with Crippen LogP contribution >= 0.6 is 0 Å². The summed E-state index contributed by atoms with van der Waals surface area (Å²) in [6, 6.07) is 13.9. The lowest BCUT2D eigenvalue weighted by molar-refractivity contribution is 0.0746. The maximum Gasteiger partial charge on any atom is 0.255 e. The first-order chi connectivity index (χ1) is 12.3. The van der Waals surface area contributed by atoms with Crippen LogP contribution in [0.3, 0.4) is 0 Å². The summed E-state index contributed by atoms with van der Waals surface area (Å²) in [6.45, 7) is 3.09. The second kappa shape index (κ2) is 6.72. The van der Waals surface area contributed by atoms with Gasteiger partial charge in [0.25, 0.3) is 5.91 Å². The van der Waals surface area contributed by atoms with E-state index in [0.29, 0.717) is 24.5 Å². The Bertz CT molecular complexity index is 824. The summed E-state index contributed by atoms with van der Waals surface area (Å²) in [5, 5.41) is 7.51. The average molecular weight is 334 g/mol. The molecule has 0 saturated carbocycles. The molecule has 3 heterocycles. The van der Waals surface area contributed by atoms with Gasteiger partial charge in [-0.15, -0.1) is 10.2 Å². The quantitative estimate of drug-likeness (QED) is 0.728. The predicted molar refractivity (Wildman–Crippen MR) is 93.7 cm³/mol. The molecule has 1 aromatic carbocycles. The van der Waals surface area contributed by atoms with Crippen molar-refractivity contribution in [3.8, 4) is 5.82 Å². The van der Waals surface area contributed by atoms with Gasteiger partial charge in [-0.25, -0.2) is 4.98 Å². The van der Waals surface area contributed by atoms with Gasteiger partial charge in [-0.05, 0) is 24.3 Å². The van der Waals surface area contributed by atoms with E-state index < -0.39 is 0 Å². The van der Waals surface area contributed by atoms with Crippen molar-refractivity contribution in [3.63, 3.8) is 0 Å². The van der Waals surface area contributed by atoms with E-state index >= 15 is 0 Å². The Labute approximate surface area is 145 Å². The first-order valence-corrected chi connectivity index (χ1v) is 8.21. The third kappa shape index (κ3) is 3.21. The number of piperazine rings is 1. The molecule has 0 aliphatic carbocycles. The van der Waals surface area contributed by atoms with E-state index in [2.05, 4.69) is 32.2 Å². The Morgan fingerprint density at radius 3 is 2.24 bits per heavy atom. The maximum absolute atomic E-state index is 12.7. The zero-order valence-corrected chi connectivity index (χ0v) is 13.7. The summed E-state index contributed by atoms with van der Waals surface area (Å²) in [5.74, 6) is 0.714. The van der Waals surface area contributed by atoms with E-state index in [1.54, 1.807) is 35.6 Å². The summed E-state index contributed by atoms with van der Waals surface area (Å²) < 4.78 is 1.70. The summed E-state index contributed by atoms with van der Waals surface area (Å²) in [7, 11) is 0. The molecule has 25 heavy (non-hydrogen) atoms. The average Bonchev–Trinajstić information content (AvgIpc) is 3.23. The molecule has 7 heteroatoms. The molecule has 0 spiro atoms. The number of para-hydroxylation sites is 1. The van der Waals surface area contributed by atoms with Crippen LogP contribution < -0.4 is 4.90 Å². The van der Waals surface area contributed by atoms with Crippen molar-refractivity contribution in [2.24, 2.45) is 0 Å². The first-order valence-electron chi connectivity index (χ1n) is 8.21. The van der Waals surface area contributed by atoms with Crippen LogP contribution in [0.1, 0.15) is 10.4 Å². The van der Waals surface area contributed by atoms with E-state index in [9.17, 15) is 4.79 Å². The number of amides is 1. The third-order valence-corrected chi connectivity index (χ3v) is 4.37. The molecule has 1 saturated heterocycles. The molecule has 0 unspecified atom stereocenters. The van der Waals surface area contributed by atoms with Gasteiger partial charge < -0.3 is 9.80 Å². The van der Waals surface area contributed by atoms with Crippen LogP contribution in [0.25, 0.3) is 5.82 Å². The van der Waals surface area contributed by atoms with E-state index in [0.717, 1.165) is 13.1 Å². The zero-order chi connectivity index (χ0) is 17.1. The predicted octanol–water partition coefficient (Wildman–Crippen LogP) is 1.62. The lowest BCUT2D eigenvalue weighted by Gasteiger charge is -2.36. The van der Waals surface area contributed by atoms with Crippen LogP contribution in [-0.2, 0) is 0 Å². The van der Waals surface area contributed by atoms with Gasteiger partial charge in [0.2, 0.25) is 0 Å². The van der Waals surface area contributed by atoms with Crippen molar-refractivity contribution in [3.05, 3.63) is 66.9 Å². The topological polar surface area (TPSA) is 67.2 Å². The Hall–Kier alpha value is -3.22. The lowest BCUT2D eigenvalue weighted by Crippen LogP contribution is -2.48. The molecule has 0 atom stereocenters. The number of pyridine rings is 1. The van der Waals surface area contributed by atoms with Gasteiger partial charge in [-0.1, -0.05) is 18.2 Å². The van der Waals surface area contributed by atoms with E-state index in [1.807, 2.05) is 23.1 Å². The highest BCUT2D eigenvalue weighted by Crippen LogP contribution is 2.17. The smallest absolute Gasteiger partial charge is 0.255 e.